The minimum absolute atomic E-state index is 0.0463. The van der Waals surface area contributed by atoms with Crippen molar-refractivity contribution in [2.75, 3.05) is 7.11 Å². The van der Waals surface area contributed by atoms with Crippen LogP contribution in [0.3, 0.4) is 0 Å². The summed E-state index contributed by atoms with van der Waals surface area (Å²) >= 11 is 0.797. The summed E-state index contributed by atoms with van der Waals surface area (Å²) in [7, 11) is 1.48. The number of rotatable bonds is 8. The lowest BCUT2D eigenvalue weighted by Crippen LogP contribution is -2.15. The highest BCUT2D eigenvalue weighted by atomic mass is 32.2. The van der Waals surface area contributed by atoms with Crippen LogP contribution in [0.15, 0.2) is 66.9 Å². The molecule has 4 aromatic rings. The third-order valence-electron chi connectivity index (χ3n) is 5.43. The standard InChI is InChI=1S/C26H24F2N2O4S/c1-26(2,32)23-14-30(25(29-23)24-20(27)5-4-6-21(24)28)19-11-9-16(10-12-19)17-7-8-18(15-31)22(13-17)34-35-33-3/h4-14,31-32H,15H2,1-3H3. The molecule has 0 aliphatic carbocycles. The third-order valence-corrected chi connectivity index (χ3v) is 5.81. The molecule has 0 bridgehead atoms. The Labute approximate surface area is 206 Å². The van der Waals surface area contributed by atoms with Crippen molar-refractivity contribution < 1.29 is 27.4 Å². The van der Waals surface area contributed by atoms with Gasteiger partial charge in [0.25, 0.3) is 0 Å². The van der Waals surface area contributed by atoms with Crippen molar-refractivity contribution in [1.82, 2.24) is 9.55 Å². The highest BCUT2D eigenvalue weighted by molar-refractivity contribution is 7.90. The predicted octanol–water partition coefficient (Wildman–Crippen LogP) is 5.79. The number of aliphatic hydroxyl groups is 2. The molecule has 0 aliphatic heterocycles. The maximum absolute atomic E-state index is 14.6. The van der Waals surface area contributed by atoms with Gasteiger partial charge in [-0.3, -0.25) is 8.75 Å². The lowest BCUT2D eigenvalue weighted by atomic mass is 10.0. The fourth-order valence-corrected chi connectivity index (χ4v) is 3.88. The molecule has 9 heteroatoms. The summed E-state index contributed by atoms with van der Waals surface area (Å²) in [4.78, 5) is 4.37. The van der Waals surface area contributed by atoms with Gasteiger partial charge < -0.3 is 14.4 Å². The van der Waals surface area contributed by atoms with Gasteiger partial charge in [0.2, 0.25) is 12.3 Å². The van der Waals surface area contributed by atoms with Crippen molar-refractivity contribution in [3.05, 3.63) is 89.8 Å². The summed E-state index contributed by atoms with van der Waals surface area (Å²) < 4.78 is 41.1. The first-order chi connectivity index (χ1) is 16.7. The summed E-state index contributed by atoms with van der Waals surface area (Å²) in [6.07, 6.45) is 1.57. The first kappa shape index (κ1) is 24.9. The van der Waals surface area contributed by atoms with E-state index in [1.54, 1.807) is 48.9 Å². The van der Waals surface area contributed by atoms with Crippen LogP contribution in [0.25, 0.3) is 28.2 Å². The molecule has 6 nitrogen and oxygen atoms in total. The number of halogens is 2. The van der Waals surface area contributed by atoms with Crippen LogP contribution < -0.4 is 4.18 Å². The number of hydrogen-bond acceptors (Lipinski definition) is 6. The predicted molar refractivity (Wildman–Crippen MR) is 131 cm³/mol. The lowest BCUT2D eigenvalue weighted by Gasteiger charge is -2.13. The van der Waals surface area contributed by atoms with Crippen LogP contribution in [0.1, 0.15) is 25.1 Å². The van der Waals surface area contributed by atoms with E-state index < -0.39 is 17.2 Å². The van der Waals surface area contributed by atoms with Gasteiger partial charge in [-0.2, -0.15) is 0 Å². The van der Waals surface area contributed by atoms with E-state index in [0.717, 1.165) is 23.5 Å². The van der Waals surface area contributed by atoms with E-state index in [1.165, 1.54) is 25.3 Å². The third kappa shape index (κ3) is 5.23. The van der Waals surface area contributed by atoms with Gasteiger partial charge in [0.15, 0.2) is 5.82 Å². The Bertz CT molecular complexity index is 1310. The van der Waals surface area contributed by atoms with Gasteiger partial charge in [-0.15, -0.1) is 0 Å². The van der Waals surface area contributed by atoms with Gasteiger partial charge in [0, 0.05) is 17.4 Å². The first-order valence-electron chi connectivity index (χ1n) is 10.7. The monoisotopic (exact) mass is 498 g/mol. The van der Waals surface area contributed by atoms with Crippen molar-refractivity contribution in [2.24, 2.45) is 0 Å². The highest BCUT2D eigenvalue weighted by Gasteiger charge is 2.25. The minimum atomic E-state index is -1.31. The number of nitrogens with zero attached hydrogens (tertiary/aromatic N) is 2. The Balaban J connectivity index is 1.77. The molecule has 0 amide bonds. The maximum Gasteiger partial charge on any atom is 0.225 e. The van der Waals surface area contributed by atoms with Crippen molar-refractivity contribution in [3.8, 4) is 34.0 Å². The Morgan fingerprint density at radius 1 is 1.00 bits per heavy atom. The fraction of sp³-hybridized carbons (Fsp3) is 0.192. The van der Waals surface area contributed by atoms with E-state index in [4.69, 9.17) is 8.37 Å². The molecule has 0 saturated carbocycles. The van der Waals surface area contributed by atoms with E-state index in [0.29, 0.717) is 17.0 Å². The molecule has 0 atom stereocenters. The lowest BCUT2D eigenvalue weighted by molar-refractivity contribution is 0.0743. The zero-order chi connectivity index (χ0) is 25.2. The second-order valence-corrected chi connectivity index (χ2v) is 8.96. The van der Waals surface area contributed by atoms with E-state index in [2.05, 4.69) is 4.98 Å². The van der Waals surface area contributed by atoms with Crippen LogP contribution in [0.5, 0.6) is 5.75 Å². The fourth-order valence-electron chi connectivity index (χ4n) is 3.59. The van der Waals surface area contributed by atoms with Crippen LogP contribution in [0.2, 0.25) is 0 Å². The minimum Gasteiger partial charge on any atom is -0.400 e. The van der Waals surface area contributed by atoms with Gasteiger partial charge in [-0.05, 0) is 55.3 Å². The number of benzene rings is 3. The van der Waals surface area contributed by atoms with Crippen molar-refractivity contribution >= 4 is 12.3 Å². The van der Waals surface area contributed by atoms with Gasteiger partial charge in [-0.1, -0.05) is 30.3 Å². The van der Waals surface area contributed by atoms with E-state index in [1.807, 2.05) is 18.2 Å². The molecular formula is C26H24F2N2O4S. The van der Waals surface area contributed by atoms with Crippen LogP contribution in [0, 0.1) is 11.6 Å². The van der Waals surface area contributed by atoms with Gasteiger partial charge in [0.1, 0.15) is 23.0 Å². The van der Waals surface area contributed by atoms with Gasteiger partial charge in [-0.25, -0.2) is 13.8 Å². The molecular weight excluding hydrogens is 474 g/mol. The summed E-state index contributed by atoms with van der Waals surface area (Å²) in [5.41, 5.74) is 1.60. The second kappa shape index (κ2) is 10.2. The maximum atomic E-state index is 14.6. The topological polar surface area (TPSA) is 76.7 Å². The Morgan fingerprint density at radius 2 is 1.66 bits per heavy atom. The van der Waals surface area contributed by atoms with E-state index in [9.17, 15) is 19.0 Å². The molecule has 0 aliphatic rings. The average molecular weight is 499 g/mol. The molecule has 3 aromatic carbocycles. The number of aliphatic hydroxyl groups excluding tert-OH is 1. The summed E-state index contributed by atoms with van der Waals surface area (Å²) in [5, 5.41) is 20.0. The van der Waals surface area contributed by atoms with Crippen LogP contribution in [-0.2, 0) is 16.4 Å². The van der Waals surface area contributed by atoms with E-state index >= 15 is 0 Å². The molecule has 2 N–H and O–H groups in total. The van der Waals surface area contributed by atoms with Crippen LogP contribution in [-0.4, -0.2) is 26.9 Å². The van der Waals surface area contributed by atoms with Gasteiger partial charge in [0.05, 0.1) is 25.0 Å². The molecule has 0 radical (unpaired) electrons. The van der Waals surface area contributed by atoms with Crippen LogP contribution >= 0.6 is 12.3 Å². The SMILES string of the molecule is COSOc1cc(-c2ccc(-n3cc(C(C)(C)O)nc3-c3c(F)cccc3F)cc2)ccc1CO. The zero-order valence-corrected chi connectivity index (χ0v) is 20.1. The molecule has 0 saturated heterocycles. The number of aromatic nitrogens is 2. The van der Waals surface area contributed by atoms with E-state index in [-0.39, 0.29) is 23.7 Å². The Kier molecular flexibility index (Phi) is 7.23. The van der Waals surface area contributed by atoms with Crippen molar-refractivity contribution in [3.63, 3.8) is 0 Å². The quantitative estimate of drug-likeness (QED) is 0.300. The van der Waals surface area contributed by atoms with Crippen molar-refractivity contribution in [2.45, 2.75) is 26.1 Å². The zero-order valence-electron chi connectivity index (χ0n) is 19.3. The molecule has 1 heterocycles. The summed E-state index contributed by atoms with van der Waals surface area (Å²) in [6.45, 7) is 2.93. The molecule has 0 fully saturated rings. The normalized spacial score (nSPS) is 11.6. The number of imidazole rings is 1. The summed E-state index contributed by atoms with van der Waals surface area (Å²) in [6, 6.07) is 16.3. The summed E-state index contributed by atoms with van der Waals surface area (Å²) in [5.74, 6) is -0.977. The van der Waals surface area contributed by atoms with Crippen molar-refractivity contribution in [1.29, 1.82) is 0 Å². The number of hydrogen-bond donors (Lipinski definition) is 2. The van der Waals surface area contributed by atoms with Gasteiger partial charge >= 0.3 is 0 Å². The molecule has 35 heavy (non-hydrogen) atoms. The molecule has 0 unspecified atom stereocenters. The van der Waals surface area contributed by atoms with Crippen LogP contribution in [0.4, 0.5) is 8.78 Å². The Morgan fingerprint density at radius 3 is 2.26 bits per heavy atom. The molecule has 182 valence electrons. The molecule has 4 rings (SSSR count). The Hall–Kier alpha value is -3.24. The smallest absolute Gasteiger partial charge is 0.225 e. The molecule has 1 aromatic heterocycles. The second-order valence-electron chi connectivity index (χ2n) is 8.32. The first-order valence-corrected chi connectivity index (χ1v) is 11.4. The molecule has 0 spiro atoms. The highest BCUT2D eigenvalue weighted by Crippen LogP contribution is 2.33. The largest absolute Gasteiger partial charge is 0.400 e. The average Bonchev–Trinajstić information content (AvgIpc) is 3.28.